The third-order valence-electron chi connectivity index (χ3n) is 5.85. The Labute approximate surface area is 162 Å². The average Bonchev–Trinajstić information content (AvgIpc) is 3.53. The first-order valence-electron chi connectivity index (χ1n) is 10.2. The van der Waals surface area contributed by atoms with Crippen LogP contribution in [-0.4, -0.2) is 53.4 Å². The number of carbonyl (C=O) groups is 1. The summed E-state index contributed by atoms with van der Waals surface area (Å²) in [6, 6.07) is 12.7. The van der Waals surface area contributed by atoms with Gasteiger partial charge in [-0.15, -0.1) is 0 Å². The number of likely N-dealkylation sites (N-methyl/N-ethyl adjacent to an activating group) is 1. The number of aromatic nitrogens is 1. The molecule has 1 aliphatic heterocycles. The minimum Gasteiger partial charge on any atom is -0.341 e. The summed E-state index contributed by atoms with van der Waals surface area (Å²) in [5, 5.41) is 0. The van der Waals surface area contributed by atoms with Crippen molar-refractivity contribution >= 4 is 5.91 Å². The van der Waals surface area contributed by atoms with Gasteiger partial charge in [0.15, 0.2) is 0 Å². The minimum absolute atomic E-state index is 0.0652. The third kappa shape index (κ3) is 4.56. The maximum absolute atomic E-state index is 13.0. The molecule has 1 saturated heterocycles. The molecule has 0 N–H and O–H groups in total. The summed E-state index contributed by atoms with van der Waals surface area (Å²) in [6.45, 7) is 6.86. The molecular formula is C23H29N3O. The third-order valence-corrected chi connectivity index (χ3v) is 5.85. The lowest BCUT2D eigenvalue weighted by Crippen LogP contribution is -2.37. The van der Waals surface area contributed by atoms with E-state index in [2.05, 4.69) is 47.1 Å². The lowest BCUT2D eigenvalue weighted by Gasteiger charge is -2.23. The van der Waals surface area contributed by atoms with Gasteiger partial charge in [-0.2, -0.15) is 0 Å². The summed E-state index contributed by atoms with van der Waals surface area (Å²) >= 11 is 0. The largest absolute Gasteiger partial charge is 0.341 e. The lowest BCUT2D eigenvalue weighted by atomic mass is 9.96. The number of benzene rings is 1. The van der Waals surface area contributed by atoms with E-state index >= 15 is 0 Å². The molecule has 2 fully saturated rings. The fourth-order valence-corrected chi connectivity index (χ4v) is 4.06. The Balaban J connectivity index is 1.47. The monoisotopic (exact) mass is 363 g/mol. The van der Waals surface area contributed by atoms with Gasteiger partial charge in [-0.05, 0) is 54.9 Å². The highest BCUT2D eigenvalue weighted by Gasteiger charge is 2.32. The van der Waals surface area contributed by atoms with E-state index in [-0.39, 0.29) is 5.92 Å². The predicted octanol–water partition coefficient (Wildman–Crippen LogP) is 3.48. The van der Waals surface area contributed by atoms with Crippen LogP contribution in [0.4, 0.5) is 0 Å². The molecule has 4 rings (SSSR count). The topological polar surface area (TPSA) is 36.4 Å². The molecule has 4 heteroatoms. The summed E-state index contributed by atoms with van der Waals surface area (Å²) in [4.78, 5) is 21.8. The number of pyridine rings is 1. The Hall–Kier alpha value is -2.20. The molecule has 2 aromatic rings. The first-order valence-corrected chi connectivity index (χ1v) is 10.2. The van der Waals surface area contributed by atoms with Crippen molar-refractivity contribution in [1.29, 1.82) is 0 Å². The SMILES string of the molecule is CCN1CCN(CC2CC2)CC(Cc2ccc(-c3cccnc3)cc2)C1=O. The van der Waals surface area contributed by atoms with Crippen molar-refractivity contribution in [2.75, 3.05) is 32.7 Å². The van der Waals surface area contributed by atoms with Crippen molar-refractivity contribution in [3.8, 4) is 11.1 Å². The number of hydrogen-bond acceptors (Lipinski definition) is 3. The molecular weight excluding hydrogens is 334 g/mol. The van der Waals surface area contributed by atoms with Crippen LogP contribution in [-0.2, 0) is 11.2 Å². The van der Waals surface area contributed by atoms with Crippen LogP contribution in [0.25, 0.3) is 11.1 Å². The Bertz CT molecular complexity index is 755. The molecule has 1 aromatic carbocycles. The van der Waals surface area contributed by atoms with Gasteiger partial charge in [0, 0.05) is 45.1 Å². The number of hydrogen-bond donors (Lipinski definition) is 0. The van der Waals surface area contributed by atoms with Crippen LogP contribution in [0, 0.1) is 11.8 Å². The van der Waals surface area contributed by atoms with E-state index in [1.165, 1.54) is 30.5 Å². The lowest BCUT2D eigenvalue weighted by molar-refractivity contribution is -0.134. The van der Waals surface area contributed by atoms with E-state index in [1.807, 2.05) is 17.2 Å². The fraction of sp³-hybridized carbons (Fsp3) is 0.478. The minimum atomic E-state index is 0.0652. The van der Waals surface area contributed by atoms with Gasteiger partial charge in [-0.3, -0.25) is 9.78 Å². The van der Waals surface area contributed by atoms with E-state index in [0.717, 1.165) is 44.1 Å². The zero-order valence-electron chi connectivity index (χ0n) is 16.2. The van der Waals surface area contributed by atoms with Crippen molar-refractivity contribution < 1.29 is 4.79 Å². The van der Waals surface area contributed by atoms with Crippen molar-refractivity contribution in [2.24, 2.45) is 11.8 Å². The summed E-state index contributed by atoms with van der Waals surface area (Å²) < 4.78 is 0. The number of rotatable bonds is 6. The smallest absolute Gasteiger partial charge is 0.227 e. The molecule has 1 aliphatic carbocycles. The molecule has 1 aromatic heterocycles. The van der Waals surface area contributed by atoms with Crippen molar-refractivity contribution in [1.82, 2.24) is 14.8 Å². The Morgan fingerprint density at radius 1 is 1.07 bits per heavy atom. The van der Waals surface area contributed by atoms with Gasteiger partial charge in [-0.25, -0.2) is 0 Å². The second kappa shape index (κ2) is 8.22. The maximum atomic E-state index is 13.0. The molecule has 0 spiro atoms. The Morgan fingerprint density at radius 2 is 1.89 bits per heavy atom. The van der Waals surface area contributed by atoms with E-state index in [1.54, 1.807) is 6.20 Å². The molecule has 1 amide bonds. The van der Waals surface area contributed by atoms with E-state index in [4.69, 9.17) is 0 Å². The van der Waals surface area contributed by atoms with E-state index in [9.17, 15) is 4.79 Å². The molecule has 142 valence electrons. The molecule has 4 nitrogen and oxygen atoms in total. The molecule has 1 atom stereocenters. The van der Waals surface area contributed by atoms with Crippen molar-refractivity contribution in [3.05, 3.63) is 54.4 Å². The highest BCUT2D eigenvalue weighted by Crippen LogP contribution is 2.30. The van der Waals surface area contributed by atoms with Crippen LogP contribution in [0.15, 0.2) is 48.8 Å². The summed E-state index contributed by atoms with van der Waals surface area (Å²) in [7, 11) is 0. The molecule has 0 bridgehead atoms. The summed E-state index contributed by atoms with van der Waals surface area (Å²) in [5.74, 6) is 1.26. The Kier molecular flexibility index (Phi) is 5.53. The van der Waals surface area contributed by atoms with Crippen LogP contribution < -0.4 is 0 Å². The molecule has 1 unspecified atom stereocenters. The highest BCUT2D eigenvalue weighted by atomic mass is 16.2. The number of carbonyl (C=O) groups excluding carboxylic acids is 1. The summed E-state index contributed by atoms with van der Waals surface area (Å²) in [6.07, 6.45) is 7.23. The molecule has 0 radical (unpaired) electrons. The quantitative estimate of drug-likeness (QED) is 0.788. The van der Waals surface area contributed by atoms with Gasteiger partial charge in [0.05, 0.1) is 5.92 Å². The van der Waals surface area contributed by atoms with Gasteiger partial charge in [0.1, 0.15) is 0 Å². The van der Waals surface area contributed by atoms with Crippen molar-refractivity contribution in [3.63, 3.8) is 0 Å². The molecule has 1 saturated carbocycles. The zero-order valence-corrected chi connectivity index (χ0v) is 16.2. The van der Waals surface area contributed by atoms with Crippen LogP contribution in [0.1, 0.15) is 25.3 Å². The normalized spacial score (nSPS) is 21.3. The second-order valence-electron chi connectivity index (χ2n) is 7.96. The fourth-order valence-electron chi connectivity index (χ4n) is 4.06. The summed E-state index contributed by atoms with van der Waals surface area (Å²) in [5.41, 5.74) is 3.54. The number of amides is 1. The van der Waals surface area contributed by atoms with E-state index in [0.29, 0.717) is 5.91 Å². The van der Waals surface area contributed by atoms with Gasteiger partial charge in [0.25, 0.3) is 0 Å². The second-order valence-corrected chi connectivity index (χ2v) is 7.96. The standard InChI is InChI=1S/C23H29N3O/c1-2-26-13-12-25(16-19-5-6-19)17-22(23(26)27)14-18-7-9-20(10-8-18)21-4-3-11-24-15-21/h3-4,7-11,15,19,22H,2,5-6,12-14,16-17H2,1H3. The van der Waals surface area contributed by atoms with Crippen LogP contribution in [0.3, 0.4) is 0 Å². The van der Waals surface area contributed by atoms with Gasteiger partial charge in [0.2, 0.25) is 5.91 Å². The van der Waals surface area contributed by atoms with Gasteiger partial charge in [-0.1, -0.05) is 30.3 Å². The van der Waals surface area contributed by atoms with Crippen molar-refractivity contribution in [2.45, 2.75) is 26.2 Å². The first-order chi connectivity index (χ1) is 13.2. The molecule has 2 aliphatic rings. The Morgan fingerprint density at radius 3 is 2.56 bits per heavy atom. The molecule has 27 heavy (non-hydrogen) atoms. The van der Waals surface area contributed by atoms with E-state index < -0.39 is 0 Å². The van der Waals surface area contributed by atoms with Crippen LogP contribution >= 0.6 is 0 Å². The maximum Gasteiger partial charge on any atom is 0.227 e. The van der Waals surface area contributed by atoms with Gasteiger partial charge >= 0.3 is 0 Å². The van der Waals surface area contributed by atoms with Gasteiger partial charge < -0.3 is 9.80 Å². The van der Waals surface area contributed by atoms with Crippen LogP contribution in [0.5, 0.6) is 0 Å². The molecule has 2 heterocycles. The first kappa shape index (κ1) is 18.2. The zero-order chi connectivity index (χ0) is 18.6. The number of nitrogens with zero attached hydrogens (tertiary/aromatic N) is 3. The predicted molar refractivity (Wildman–Crippen MR) is 108 cm³/mol. The van der Waals surface area contributed by atoms with Crippen LogP contribution in [0.2, 0.25) is 0 Å². The highest BCUT2D eigenvalue weighted by molar-refractivity contribution is 5.79. The average molecular weight is 364 g/mol.